The lowest BCUT2D eigenvalue weighted by Crippen LogP contribution is -2.47. The quantitative estimate of drug-likeness (QED) is 0.300. The molecule has 1 aliphatic heterocycles. The van der Waals surface area contributed by atoms with Gasteiger partial charge in [0, 0.05) is 6.42 Å². The van der Waals surface area contributed by atoms with Gasteiger partial charge in [0.25, 0.3) is 0 Å². The lowest BCUT2D eigenvalue weighted by Gasteiger charge is -2.32. The van der Waals surface area contributed by atoms with E-state index in [4.69, 9.17) is 14.6 Å². The van der Waals surface area contributed by atoms with Crippen molar-refractivity contribution >= 4 is 5.97 Å². The minimum absolute atomic E-state index is 0.0573. The first-order valence-electron chi connectivity index (χ1n) is 11.1. The van der Waals surface area contributed by atoms with Crippen LogP contribution in [-0.4, -0.2) is 61.2 Å². The molecular formula is C22H44NO4+. The van der Waals surface area contributed by atoms with Gasteiger partial charge in [0.15, 0.2) is 5.79 Å². The first kappa shape index (κ1) is 24.4. The van der Waals surface area contributed by atoms with E-state index >= 15 is 0 Å². The molecular weight excluding hydrogens is 342 g/mol. The van der Waals surface area contributed by atoms with Crippen LogP contribution < -0.4 is 0 Å². The number of likely N-dealkylation sites (N-methyl/N-ethyl adjacent to an activating group) is 1. The Morgan fingerprint density at radius 3 is 2.15 bits per heavy atom. The molecule has 0 spiro atoms. The first-order valence-corrected chi connectivity index (χ1v) is 11.1. The smallest absolute Gasteiger partial charge is 0.303 e. The number of quaternary nitrogens is 1. The van der Waals surface area contributed by atoms with Gasteiger partial charge in [-0.3, -0.25) is 4.79 Å². The molecule has 0 saturated carbocycles. The summed E-state index contributed by atoms with van der Waals surface area (Å²) in [5.41, 5.74) is 0. The van der Waals surface area contributed by atoms with Crippen LogP contribution in [0.25, 0.3) is 0 Å². The fraction of sp³-hybridized carbons (Fsp3) is 0.955. The van der Waals surface area contributed by atoms with E-state index in [1.54, 1.807) is 0 Å². The molecule has 0 amide bonds. The molecule has 1 saturated heterocycles. The standard InChI is InChI=1S/C22H43NO4/c1-5-6-7-8-9-10-11-12-13-14-17-23(3,4)18-20-19-26-22(2,27-20)16-15-21(24)25/h20H,5-19H2,1-4H3/p+1. The minimum Gasteiger partial charge on any atom is -0.481 e. The molecule has 1 aliphatic rings. The van der Waals surface area contributed by atoms with Crippen molar-refractivity contribution in [2.75, 3.05) is 33.8 Å². The normalized spacial score (nSPS) is 23.0. The largest absolute Gasteiger partial charge is 0.481 e. The average Bonchev–Trinajstić information content (AvgIpc) is 2.95. The van der Waals surface area contributed by atoms with Crippen LogP contribution in [0.15, 0.2) is 0 Å². The summed E-state index contributed by atoms with van der Waals surface area (Å²) in [4.78, 5) is 10.8. The fourth-order valence-electron chi connectivity index (χ4n) is 3.91. The van der Waals surface area contributed by atoms with E-state index in [-0.39, 0.29) is 12.5 Å². The molecule has 1 heterocycles. The molecule has 2 unspecified atom stereocenters. The number of aliphatic carboxylic acids is 1. The third-order valence-corrected chi connectivity index (χ3v) is 5.60. The van der Waals surface area contributed by atoms with Gasteiger partial charge in [0.2, 0.25) is 0 Å². The van der Waals surface area contributed by atoms with Crippen molar-refractivity contribution in [3.8, 4) is 0 Å². The number of nitrogens with zero attached hydrogens (tertiary/aromatic N) is 1. The number of hydrogen-bond acceptors (Lipinski definition) is 3. The van der Waals surface area contributed by atoms with E-state index in [1.165, 1.54) is 64.2 Å². The summed E-state index contributed by atoms with van der Waals surface area (Å²) in [6, 6.07) is 0. The van der Waals surface area contributed by atoms with E-state index in [2.05, 4.69) is 21.0 Å². The zero-order chi connectivity index (χ0) is 20.2. The van der Waals surface area contributed by atoms with Gasteiger partial charge < -0.3 is 19.1 Å². The van der Waals surface area contributed by atoms with Crippen molar-refractivity contribution in [1.82, 2.24) is 0 Å². The van der Waals surface area contributed by atoms with Gasteiger partial charge in [-0.25, -0.2) is 0 Å². The SMILES string of the molecule is CCCCCCCCCCCC[N+](C)(C)CC1COC(C)(CCC(=O)O)O1. The number of carboxylic acids is 1. The Morgan fingerprint density at radius 2 is 1.59 bits per heavy atom. The molecule has 1 rings (SSSR count). The van der Waals surface area contributed by atoms with E-state index in [9.17, 15) is 4.79 Å². The minimum atomic E-state index is -0.802. The van der Waals surface area contributed by atoms with Crippen molar-refractivity contribution < 1.29 is 23.9 Å². The van der Waals surface area contributed by atoms with Gasteiger partial charge in [-0.1, -0.05) is 58.3 Å². The summed E-state index contributed by atoms with van der Waals surface area (Å²) < 4.78 is 12.7. The summed E-state index contributed by atoms with van der Waals surface area (Å²) in [5, 5.41) is 8.85. The number of hydrogen-bond donors (Lipinski definition) is 1. The van der Waals surface area contributed by atoms with Crippen molar-refractivity contribution in [3.63, 3.8) is 0 Å². The average molecular weight is 387 g/mol. The van der Waals surface area contributed by atoms with Gasteiger partial charge in [-0.05, 0) is 19.8 Å². The Morgan fingerprint density at radius 1 is 1.04 bits per heavy atom. The van der Waals surface area contributed by atoms with Crippen LogP contribution in [0, 0.1) is 0 Å². The van der Waals surface area contributed by atoms with Crippen molar-refractivity contribution in [2.24, 2.45) is 0 Å². The Balaban J connectivity index is 2.09. The lowest BCUT2D eigenvalue weighted by molar-refractivity contribution is -0.893. The Kier molecular flexibility index (Phi) is 11.5. The highest BCUT2D eigenvalue weighted by Gasteiger charge is 2.40. The molecule has 0 aromatic rings. The summed E-state index contributed by atoms with van der Waals surface area (Å²) in [6.07, 6.45) is 14.2. The van der Waals surface area contributed by atoms with Gasteiger partial charge in [-0.15, -0.1) is 0 Å². The molecule has 0 aromatic heterocycles. The molecule has 0 aliphatic carbocycles. The number of unbranched alkanes of at least 4 members (excludes halogenated alkanes) is 9. The molecule has 0 radical (unpaired) electrons. The van der Waals surface area contributed by atoms with Crippen LogP contribution in [-0.2, 0) is 14.3 Å². The molecule has 5 nitrogen and oxygen atoms in total. The second kappa shape index (κ2) is 12.7. The van der Waals surface area contributed by atoms with Crippen LogP contribution in [0.1, 0.15) is 90.9 Å². The first-order chi connectivity index (χ1) is 12.8. The second-order valence-corrected chi connectivity index (χ2v) is 9.10. The van der Waals surface area contributed by atoms with Gasteiger partial charge in [0.05, 0.1) is 33.7 Å². The van der Waals surface area contributed by atoms with Gasteiger partial charge in [0.1, 0.15) is 12.6 Å². The number of rotatable bonds is 16. The molecule has 1 N–H and O–H groups in total. The number of ether oxygens (including phenoxy) is 2. The highest BCUT2D eigenvalue weighted by Crippen LogP contribution is 2.29. The van der Waals surface area contributed by atoms with Crippen molar-refractivity contribution in [1.29, 1.82) is 0 Å². The van der Waals surface area contributed by atoms with Crippen LogP contribution in [0.3, 0.4) is 0 Å². The maximum Gasteiger partial charge on any atom is 0.303 e. The molecule has 2 atom stereocenters. The van der Waals surface area contributed by atoms with E-state index < -0.39 is 11.8 Å². The maximum absolute atomic E-state index is 10.8. The number of carbonyl (C=O) groups is 1. The van der Waals surface area contributed by atoms with Crippen LogP contribution in [0.2, 0.25) is 0 Å². The van der Waals surface area contributed by atoms with Gasteiger partial charge in [-0.2, -0.15) is 0 Å². The molecule has 0 bridgehead atoms. The monoisotopic (exact) mass is 386 g/mol. The second-order valence-electron chi connectivity index (χ2n) is 9.10. The van der Waals surface area contributed by atoms with Crippen LogP contribution in [0.4, 0.5) is 0 Å². The predicted octanol–water partition coefficient (Wildman–Crippen LogP) is 4.98. The van der Waals surface area contributed by atoms with Crippen LogP contribution in [0.5, 0.6) is 0 Å². The topological polar surface area (TPSA) is 55.8 Å². The van der Waals surface area contributed by atoms with E-state index in [0.717, 1.165) is 17.6 Å². The zero-order valence-corrected chi connectivity index (χ0v) is 18.3. The molecule has 0 aromatic carbocycles. The van der Waals surface area contributed by atoms with Crippen LogP contribution >= 0.6 is 0 Å². The predicted molar refractivity (Wildman–Crippen MR) is 110 cm³/mol. The Labute approximate surface area is 167 Å². The molecule has 5 heteroatoms. The Bertz CT molecular complexity index is 413. The maximum atomic E-state index is 10.8. The summed E-state index contributed by atoms with van der Waals surface area (Å²) in [7, 11) is 4.51. The fourth-order valence-corrected chi connectivity index (χ4v) is 3.91. The third-order valence-electron chi connectivity index (χ3n) is 5.60. The highest BCUT2D eigenvalue weighted by atomic mass is 16.7. The molecule has 27 heavy (non-hydrogen) atoms. The lowest BCUT2D eigenvalue weighted by atomic mass is 10.1. The van der Waals surface area contributed by atoms with Gasteiger partial charge >= 0.3 is 5.97 Å². The summed E-state index contributed by atoms with van der Waals surface area (Å²) >= 11 is 0. The van der Waals surface area contributed by atoms with Crippen molar-refractivity contribution in [3.05, 3.63) is 0 Å². The van der Waals surface area contributed by atoms with E-state index in [1.807, 2.05) is 6.92 Å². The summed E-state index contributed by atoms with van der Waals surface area (Å²) in [6.45, 7) is 6.76. The highest BCUT2D eigenvalue weighted by molar-refractivity contribution is 5.66. The molecule has 160 valence electrons. The zero-order valence-electron chi connectivity index (χ0n) is 18.3. The molecule has 1 fully saturated rings. The number of carboxylic acid groups (broad SMARTS) is 1. The summed E-state index contributed by atoms with van der Waals surface area (Å²) in [5.74, 6) is -1.54. The third kappa shape index (κ3) is 11.7. The van der Waals surface area contributed by atoms with E-state index in [0.29, 0.717) is 13.0 Å². The van der Waals surface area contributed by atoms with Crippen molar-refractivity contribution in [2.45, 2.75) is 103 Å². The Hall–Kier alpha value is -0.650.